The number of ether oxygens (including phenoxy) is 1. The van der Waals surface area contributed by atoms with Gasteiger partial charge in [0.15, 0.2) is 0 Å². The fourth-order valence-electron chi connectivity index (χ4n) is 3.33. The van der Waals surface area contributed by atoms with Gasteiger partial charge in [-0.2, -0.15) is 0 Å². The second kappa shape index (κ2) is 8.11. The first-order valence-corrected chi connectivity index (χ1v) is 9.97. The largest absolute Gasteiger partial charge is 0.494 e. The Balaban J connectivity index is 1.98. The van der Waals surface area contributed by atoms with Crippen molar-refractivity contribution in [2.75, 3.05) is 18.5 Å². The Morgan fingerprint density at radius 3 is 2.03 bits per heavy atom. The number of carbonyl (C=O) groups is 2. The van der Waals surface area contributed by atoms with Crippen molar-refractivity contribution >= 4 is 23.1 Å². The van der Waals surface area contributed by atoms with Crippen LogP contribution in [0.4, 0.5) is 5.69 Å². The van der Waals surface area contributed by atoms with Crippen LogP contribution in [0.25, 0.3) is 5.57 Å². The highest BCUT2D eigenvalue weighted by molar-refractivity contribution is 6.36. The van der Waals surface area contributed by atoms with Crippen molar-refractivity contribution in [1.29, 1.82) is 0 Å². The van der Waals surface area contributed by atoms with Gasteiger partial charge in [0, 0.05) is 12.2 Å². The lowest BCUT2D eigenvalue weighted by molar-refractivity contribution is -0.136. The van der Waals surface area contributed by atoms with Crippen molar-refractivity contribution in [3.63, 3.8) is 0 Å². The molecule has 0 saturated heterocycles. The van der Waals surface area contributed by atoms with Gasteiger partial charge in [-0.1, -0.05) is 45.0 Å². The third-order valence-corrected chi connectivity index (χ3v) is 4.96. The van der Waals surface area contributed by atoms with Gasteiger partial charge in [0.25, 0.3) is 11.8 Å². The van der Waals surface area contributed by atoms with E-state index in [2.05, 4.69) is 26.1 Å². The van der Waals surface area contributed by atoms with Gasteiger partial charge in [0.2, 0.25) is 0 Å². The number of carbonyl (C=O) groups excluding carboxylic acids is 2. The highest BCUT2D eigenvalue weighted by Crippen LogP contribution is 2.32. The molecule has 0 atom stereocenters. The summed E-state index contributed by atoms with van der Waals surface area (Å²) in [5, 5.41) is 3.19. The van der Waals surface area contributed by atoms with Gasteiger partial charge in [-0.05, 0) is 54.7 Å². The molecule has 5 heteroatoms. The molecule has 0 aliphatic carbocycles. The quantitative estimate of drug-likeness (QED) is 0.730. The molecule has 1 aliphatic rings. The summed E-state index contributed by atoms with van der Waals surface area (Å²) in [5.74, 6) is 0.144. The predicted molar refractivity (Wildman–Crippen MR) is 116 cm³/mol. The van der Waals surface area contributed by atoms with Crippen LogP contribution >= 0.6 is 0 Å². The first-order valence-electron chi connectivity index (χ1n) is 9.97. The Bertz CT molecular complexity index is 936. The van der Waals surface area contributed by atoms with Gasteiger partial charge in [-0.3, -0.25) is 14.5 Å². The first kappa shape index (κ1) is 20.6. The third-order valence-electron chi connectivity index (χ3n) is 4.96. The molecule has 0 bridgehead atoms. The molecule has 0 unspecified atom stereocenters. The molecule has 0 spiro atoms. The van der Waals surface area contributed by atoms with E-state index in [9.17, 15) is 9.59 Å². The molecular weight excluding hydrogens is 364 g/mol. The van der Waals surface area contributed by atoms with Crippen molar-refractivity contribution in [2.24, 2.45) is 0 Å². The van der Waals surface area contributed by atoms with Crippen LogP contribution in [0.3, 0.4) is 0 Å². The molecule has 2 aromatic carbocycles. The fraction of sp³-hybridized carbons (Fsp3) is 0.333. The Kier molecular flexibility index (Phi) is 5.78. The first-order chi connectivity index (χ1) is 13.8. The van der Waals surface area contributed by atoms with Gasteiger partial charge in [0.05, 0.1) is 12.2 Å². The van der Waals surface area contributed by atoms with Crippen LogP contribution in [0, 0.1) is 0 Å². The lowest BCUT2D eigenvalue weighted by Crippen LogP contribution is -2.32. The number of nitrogens with one attached hydrogen (secondary N) is 1. The van der Waals surface area contributed by atoms with Crippen LogP contribution in [0.2, 0.25) is 0 Å². The average molecular weight is 392 g/mol. The number of hydrogen-bond acceptors (Lipinski definition) is 4. The maximum atomic E-state index is 12.9. The number of anilines is 1. The van der Waals surface area contributed by atoms with Crippen molar-refractivity contribution < 1.29 is 14.3 Å². The average Bonchev–Trinajstić information content (AvgIpc) is 2.92. The lowest BCUT2D eigenvalue weighted by atomic mass is 9.87. The van der Waals surface area contributed by atoms with Crippen LogP contribution in [0.15, 0.2) is 54.2 Å². The zero-order valence-electron chi connectivity index (χ0n) is 17.7. The molecule has 0 saturated carbocycles. The monoisotopic (exact) mass is 392 g/mol. The summed E-state index contributed by atoms with van der Waals surface area (Å²) >= 11 is 0. The third kappa shape index (κ3) is 4.19. The van der Waals surface area contributed by atoms with E-state index in [1.807, 2.05) is 55.5 Å². The Hall–Kier alpha value is -3.08. The van der Waals surface area contributed by atoms with Crippen molar-refractivity contribution in [1.82, 2.24) is 4.90 Å². The minimum Gasteiger partial charge on any atom is -0.494 e. The molecule has 5 nitrogen and oxygen atoms in total. The summed E-state index contributed by atoms with van der Waals surface area (Å²) < 4.78 is 5.48. The SMILES string of the molecule is CCOc1ccc(C2=C(Nc3ccc(C(C)(C)C)cc3)C(=O)N(CC)C2=O)cc1. The van der Waals surface area contributed by atoms with Crippen molar-refractivity contribution in [2.45, 2.75) is 40.0 Å². The summed E-state index contributed by atoms with van der Waals surface area (Å²) in [7, 11) is 0. The molecule has 2 aromatic rings. The number of hydrogen-bond donors (Lipinski definition) is 1. The molecule has 29 heavy (non-hydrogen) atoms. The molecular formula is C24H28N2O3. The van der Waals surface area contributed by atoms with E-state index >= 15 is 0 Å². The Morgan fingerprint density at radius 1 is 0.897 bits per heavy atom. The molecule has 2 amide bonds. The van der Waals surface area contributed by atoms with Crippen molar-refractivity contribution in [3.8, 4) is 5.75 Å². The summed E-state index contributed by atoms with van der Waals surface area (Å²) in [6, 6.07) is 15.2. The molecule has 1 heterocycles. The van der Waals surface area contributed by atoms with Crippen LogP contribution in [0.1, 0.15) is 45.7 Å². The highest BCUT2D eigenvalue weighted by Gasteiger charge is 2.38. The van der Waals surface area contributed by atoms with Crippen LogP contribution in [-0.2, 0) is 15.0 Å². The smallest absolute Gasteiger partial charge is 0.278 e. The maximum absolute atomic E-state index is 12.9. The summed E-state index contributed by atoms with van der Waals surface area (Å²) in [6.07, 6.45) is 0. The van der Waals surface area contributed by atoms with E-state index in [1.165, 1.54) is 10.5 Å². The van der Waals surface area contributed by atoms with E-state index in [-0.39, 0.29) is 17.2 Å². The van der Waals surface area contributed by atoms with E-state index in [1.54, 1.807) is 6.92 Å². The lowest BCUT2D eigenvalue weighted by Gasteiger charge is -2.19. The number of rotatable bonds is 6. The predicted octanol–water partition coefficient (Wildman–Crippen LogP) is 4.59. The van der Waals surface area contributed by atoms with Crippen molar-refractivity contribution in [3.05, 3.63) is 65.4 Å². The van der Waals surface area contributed by atoms with E-state index in [4.69, 9.17) is 4.74 Å². The summed E-state index contributed by atoms with van der Waals surface area (Å²) in [6.45, 7) is 11.1. The second-order valence-electron chi connectivity index (χ2n) is 8.01. The molecule has 1 N–H and O–H groups in total. The number of nitrogens with zero attached hydrogens (tertiary/aromatic N) is 1. The fourth-order valence-corrected chi connectivity index (χ4v) is 3.33. The number of likely N-dealkylation sites (N-methyl/N-ethyl adjacent to an activating group) is 1. The topological polar surface area (TPSA) is 58.6 Å². The Morgan fingerprint density at radius 2 is 1.52 bits per heavy atom. The summed E-state index contributed by atoms with van der Waals surface area (Å²) in [4.78, 5) is 27.1. The second-order valence-corrected chi connectivity index (χ2v) is 8.01. The molecule has 3 rings (SSSR count). The molecule has 0 aromatic heterocycles. The molecule has 1 aliphatic heterocycles. The van der Waals surface area contributed by atoms with Crippen LogP contribution in [0.5, 0.6) is 5.75 Å². The Labute approximate surface area is 172 Å². The minimum atomic E-state index is -0.304. The zero-order valence-corrected chi connectivity index (χ0v) is 17.7. The van der Waals surface area contributed by atoms with Gasteiger partial charge in [-0.25, -0.2) is 0 Å². The van der Waals surface area contributed by atoms with E-state index in [0.29, 0.717) is 30.0 Å². The van der Waals surface area contributed by atoms with Gasteiger partial charge >= 0.3 is 0 Å². The van der Waals surface area contributed by atoms with Crippen LogP contribution in [-0.4, -0.2) is 29.9 Å². The van der Waals surface area contributed by atoms with Gasteiger partial charge < -0.3 is 10.1 Å². The number of imide groups is 1. The maximum Gasteiger partial charge on any atom is 0.278 e. The minimum absolute atomic E-state index is 0.0451. The summed E-state index contributed by atoms with van der Waals surface area (Å²) in [5.41, 5.74) is 3.41. The van der Waals surface area contributed by atoms with Crippen LogP contribution < -0.4 is 10.1 Å². The standard InChI is InChI=1S/C24H28N2O3/c1-6-26-22(27)20(16-8-14-19(15-9-16)29-7-2)21(23(26)28)25-18-12-10-17(11-13-18)24(3,4)5/h8-15,25H,6-7H2,1-5H3. The van der Waals surface area contributed by atoms with Gasteiger partial charge in [-0.15, -0.1) is 0 Å². The molecule has 0 fully saturated rings. The molecule has 0 radical (unpaired) electrons. The number of benzene rings is 2. The normalized spacial score (nSPS) is 14.6. The van der Waals surface area contributed by atoms with E-state index < -0.39 is 0 Å². The highest BCUT2D eigenvalue weighted by atomic mass is 16.5. The van der Waals surface area contributed by atoms with E-state index in [0.717, 1.165) is 11.4 Å². The zero-order chi connectivity index (χ0) is 21.2. The van der Waals surface area contributed by atoms with Gasteiger partial charge in [0.1, 0.15) is 11.4 Å². The number of amides is 2. The molecule has 152 valence electrons.